The first-order valence-electron chi connectivity index (χ1n) is 6.40. The number of nitrogens with zero attached hydrogens (tertiary/aromatic N) is 2. The van der Waals surface area contributed by atoms with Crippen LogP contribution in [0.5, 0.6) is 0 Å². The van der Waals surface area contributed by atoms with Crippen molar-refractivity contribution >= 4 is 17.5 Å². The first-order valence-corrected chi connectivity index (χ1v) is 6.78. The third-order valence-electron chi connectivity index (χ3n) is 3.16. The predicted molar refractivity (Wildman–Crippen MR) is 79.1 cm³/mol. The Morgan fingerprint density at radius 3 is 2.85 bits per heavy atom. The van der Waals surface area contributed by atoms with Crippen molar-refractivity contribution in [1.29, 1.82) is 0 Å². The molecule has 1 atom stereocenters. The minimum Gasteiger partial charge on any atom is -0.366 e. The molecule has 1 amide bonds. The van der Waals surface area contributed by atoms with Crippen LogP contribution >= 0.6 is 11.6 Å². The van der Waals surface area contributed by atoms with E-state index in [0.29, 0.717) is 17.0 Å². The van der Waals surface area contributed by atoms with Crippen LogP contribution in [0, 0.1) is 0 Å². The van der Waals surface area contributed by atoms with E-state index in [1.807, 2.05) is 19.1 Å². The second kappa shape index (κ2) is 6.07. The number of nitrogens with two attached hydrogens (primary N) is 2. The van der Waals surface area contributed by atoms with E-state index in [0.717, 1.165) is 17.7 Å². The Kier molecular flexibility index (Phi) is 4.42. The van der Waals surface area contributed by atoms with E-state index in [9.17, 15) is 4.79 Å². The van der Waals surface area contributed by atoms with Crippen LogP contribution in [-0.2, 0) is 6.42 Å². The lowest BCUT2D eigenvalue weighted by atomic mass is 10.0. The number of primary amides is 1. The Balaban J connectivity index is 2.41. The molecule has 0 spiro atoms. The van der Waals surface area contributed by atoms with Crippen molar-refractivity contribution in [3.8, 4) is 5.69 Å². The molecule has 4 N–H and O–H groups in total. The molecular formula is C14H17ClN4O. The van der Waals surface area contributed by atoms with Crippen molar-refractivity contribution in [2.24, 2.45) is 11.5 Å². The quantitative estimate of drug-likeness (QED) is 0.882. The van der Waals surface area contributed by atoms with Gasteiger partial charge in [-0.2, -0.15) is 5.10 Å². The first kappa shape index (κ1) is 14.6. The fourth-order valence-corrected chi connectivity index (χ4v) is 2.14. The van der Waals surface area contributed by atoms with Crippen molar-refractivity contribution < 1.29 is 4.79 Å². The van der Waals surface area contributed by atoms with E-state index >= 15 is 0 Å². The summed E-state index contributed by atoms with van der Waals surface area (Å²) < 4.78 is 1.62. The lowest BCUT2D eigenvalue weighted by Crippen LogP contribution is -2.22. The summed E-state index contributed by atoms with van der Waals surface area (Å²) in [6, 6.07) is 5.57. The van der Waals surface area contributed by atoms with Crippen molar-refractivity contribution in [1.82, 2.24) is 9.78 Å². The van der Waals surface area contributed by atoms with Gasteiger partial charge in [-0.25, -0.2) is 4.68 Å². The first-order chi connectivity index (χ1) is 9.51. The van der Waals surface area contributed by atoms with Crippen molar-refractivity contribution in [2.75, 3.05) is 0 Å². The molecule has 0 aliphatic carbocycles. The van der Waals surface area contributed by atoms with Crippen LogP contribution in [0.15, 0.2) is 30.6 Å². The lowest BCUT2D eigenvalue weighted by Gasteiger charge is -2.13. The third kappa shape index (κ3) is 3.18. The fraction of sp³-hybridized carbons (Fsp3) is 0.286. The van der Waals surface area contributed by atoms with Gasteiger partial charge < -0.3 is 11.5 Å². The molecule has 1 aromatic heterocycles. The molecule has 0 saturated carbocycles. The van der Waals surface area contributed by atoms with Gasteiger partial charge in [-0.15, -0.1) is 0 Å². The number of carbonyl (C=O) groups excluding carboxylic acids is 1. The summed E-state index contributed by atoms with van der Waals surface area (Å²) in [6.07, 6.45) is 4.61. The second-order valence-corrected chi connectivity index (χ2v) is 5.12. The summed E-state index contributed by atoms with van der Waals surface area (Å²) in [6.45, 7) is 2.04. The summed E-state index contributed by atoms with van der Waals surface area (Å²) in [5.41, 5.74) is 13.5. The molecular weight excluding hydrogens is 276 g/mol. The zero-order chi connectivity index (χ0) is 14.7. The number of amides is 1. The van der Waals surface area contributed by atoms with E-state index < -0.39 is 5.91 Å². The van der Waals surface area contributed by atoms with Crippen LogP contribution < -0.4 is 11.5 Å². The highest BCUT2D eigenvalue weighted by atomic mass is 35.5. The van der Waals surface area contributed by atoms with Crippen LogP contribution in [0.3, 0.4) is 0 Å². The Bertz CT molecular complexity index is 623. The molecule has 0 fully saturated rings. The molecule has 0 bridgehead atoms. The highest BCUT2D eigenvalue weighted by molar-refractivity contribution is 6.30. The number of carbonyl (C=O) groups is 1. The molecule has 1 aromatic carbocycles. The summed E-state index contributed by atoms with van der Waals surface area (Å²) in [5, 5.41) is 4.81. The highest BCUT2D eigenvalue weighted by Gasteiger charge is 2.12. The van der Waals surface area contributed by atoms with Crippen LogP contribution in [0.25, 0.3) is 5.69 Å². The third-order valence-corrected chi connectivity index (χ3v) is 3.40. The molecule has 0 aliphatic rings. The van der Waals surface area contributed by atoms with Crippen molar-refractivity contribution in [3.63, 3.8) is 0 Å². The van der Waals surface area contributed by atoms with E-state index in [2.05, 4.69) is 5.10 Å². The van der Waals surface area contributed by atoms with Crippen LogP contribution in [-0.4, -0.2) is 21.7 Å². The molecule has 1 heterocycles. The van der Waals surface area contributed by atoms with Gasteiger partial charge in [-0.05, 0) is 36.6 Å². The largest absolute Gasteiger partial charge is 0.366 e. The van der Waals surface area contributed by atoms with Gasteiger partial charge in [-0.1, -0.05) is 18.5 Å². The Morgan fingerprint density at radius 1 is 1.50 bits per heavy atom. The van der Waals surface area contributed by atoms with E-state index in [4.69, 9.17) is 23.1 Å². The van der Waals surface area contributed by atoms with Crippen molar-refractivity contribution in [3.05, 3.63) is 46.7 Å². The van der Waals surface area contributed by atoms with Crippen LogP contribution in [0.1, 0.15) is 29.3 Å². The van der Waals surface area contributed by atoms with Gasteiger partial charge >= 0.3 is 0 Å². The zero-order valence-electron chi connectivity index (χ0n) is 11.2. The van der Waals surface area contributed by atoms with Gasteiger partial charge in [0.2, 0.25) is 0 Å². The van der Waals surface area contributed by atoms with Crippen molar-refractivity contribution in [2.45, 2.75) is 25.8 Å². The maximum atomic E-state index is 11.1. The molecule has 1 unspecified atom stereocenters. The minimum absolute atomic E-state index is 0.0541. The minimum atomic E-state index is -0.503. The number of halogens is 1. The molecule has 106 valence electrons. The standard InChI is InChI=1S/C14H17ClN4O/c1-2-12(16)6-9-5-11(15)3-4-13(9)19-8-10(7-18-19)14(17)20/h3-5,7-8,12H,2,6,16H2,1H3,(H2,17,20). The number of rotatable bonds is 5. The Morgan fingerprint density at radius 2 is 2.25 bits per heavy atom. The molecule has 0 aliphatic heterocycles. The maximum absolute atomic E-state index is 11.1. The molecule has 20 heavy (non-hydrogen) atoms. The van der Waals surface area contributed by atoms with Gasteiger partial charge in [0, 0.05) is 17.3 Å². The molecule has 0 radical (unpaired) electrons. The summed E-state index contributed by atoms with van der Waals surface area (Å²) in [4.78, 5) is 11.1. The van der Waals surface area contributed by atoms with Gasteiger partial charge in [0.25, 0.3) is 5.91 Å². The average Bonchev–Trinajstić information content (AvgIpc) is 2.88. The second-order valence-electron chi connectivity index (χ2n) is 4.68. The van der Waals surface area contributed by atoms with E-state index in [-0.39, 0.29) is 6.04 Å². The number of aromatic nitrogens is 2. The molecule has 2 aromatic rings. The van der Waals surface area contributed by atoms with Gasteiger partial charge in [0.05, 0.1) is 17.4 Å². The monoisotopic (exact) mass is 292 g/mol. The van der Waals surface area contributed by atoms with Gasteiger partial charge in [0.1, 0.15) is 0 Å². The maximum Gasteiger partial charge on any atom is 0.251 e. The smallest absolute Gasteiger partial charge is 0.251 e. The summed E-state index contributed by atoms with van der Waals surface area (Å²) in [7, 11) is 0. The normalized spacial score (nSPS) is 12.3. The van der Waals surface area contributed by atoms with E-state index in [1.165, 1.54) is 6.20 Å². The predicted octanol–water partition coefficient (Wildman–Crippen LogP) is 1.90. The van der Waals surface area contributed by atoms with Crippen LogP contribution in [0.2, 0.25) is 5.02 Å². The zero-order valence-corrected chi connectivity index (χ0v) is 12.0. The molecule has 2 rings (SSSR count). The Hall–Kier alpha value is -1.85. The number of benzene rings is 1. The molecule has 5 nitrogen and oxygen atoms in total. The van der Waals surface area contributed by atoms with E-state index in [1.54, 1.807) is 16.9 Å². The number of hydrogen-bond donors (Lipinski definition) is 2. The highest BCUT2D eigenvalue weighted by Crippen LogP contribution is 2.21. The summed E-state index contributed by atoms with van der Waals surface area (Å²) in [5.74, 6) is -0.503. The number of hydrogen-bond acceptors (Lipinski definition) is 3. The lowest BCUT2D eigenvalue weighted by molar-refractivity contribution is 0.100. The van der Waals surface area contributed by atoms with Crippen LogP contribution in [0.4, 0.5) is 0 Å². The van der Waals surface area contributed by atoms with Gasteiger partial charge in [0.15, 0.2) is 0 Å². The summed E-state index contributed by atoms with van der Waals surface area (Å²) >= 11 is 6.04. The molecule has 6 heteroatoms. The molecule has 0 saturated heterocycles. The fourth-order valence-electron chi connectivity index (χ4n) is 1.95. The van der Waals surface area contributed by atoms with Gasteiger partial charge in [-0.3, -0.25) is 4.79 Å². The topological polar surface area (TPSA) is 86.9 Å². The SMILES string of the molecule is CCC(N)Cc1cc(Cl)ccc1-n1cc(C(N)=O)cn1. The average molecular weight is 293 g/mol. The Labute approximate surface area is 122 Å².